The van der Waals surface area contributed by atoms with Crippen LogP contribution in [0.25, 0.3) is 85.9 Å². The van der Waals surface area contributed by atoms with Crippen molar-refractivity contribution in [2.75, 3.05) is 4.90 Å². The van der Waals surface area contributed by atoms with Gasteiger partial charge in [0.05, 0.1) is 22.4 Å². The Morgan fingerprint density at radius 1 is 0.377 bits per heavy atom. The molecule has 0 N–H and O–H groups in total. The van der Waals surface area contributed by atoms with Crippen LogP contribution in [0.4, 0.5) is 17.1 Å². The van der Waals surface area contributed by atoms with Gasteiger partial charge in [-0.25, -0.2) is 0 Å². The second kappa shape index (κ2) is 11.9. The number of furan rings is 1. The van der Waals surface area contributed by atoms with Crippen LogP contribution in [0.2, 0.25) is 0 Å². The van der Waals surface area contributed by atoms with Gasteiger partial charge >= 0.3 is 0 Å². The Kier molecular flexibility index (Phi) is 6.76. The van der Waals surface area contributed by atoms with Gasteiger partial charge in [0, 0.05) is 36.5 Å². The molecule has 0 radical (unpaired) electrons. The average molecular weight is 694 g/mol. The molecule has 0 aliphatic carbocycles. The van der Waals surface area contributed by atoms with Crippen molar-refractivity contribution >= 4 is 92.1 Å². The second-order valence-corrected chi connectivity index (χ2v) is 14.7. The Hall–Kier alpha value is -6.68. The summed E-state index contributed by atoms with van der Waals surface area (Å²) in [6.45, 7) is 0. The number of benzene rings is 9. The molecule has 0 fully saturated rings. The van der Waals surface area contributed by atoms with Crippen LogP contribution in [0, 0.1) is 0 Å². The van der Waals surface area contributed by atoms with E-state index in [1.807, 2.05) is 11.3 Å². The van der Waals surface area contributed by atoms with Gasteiger partial charge < -0.3 is 9.32 Å². The standard InChI is InChI=1S/C50H31NOS/c1-3-14-32(15-4-1)37-30-31-43(48-39-21-9-10-26-44(39)52-49(37)48)51(41-24-11-19-35-29-28-34-18-7-8-20-36(34)46(35)41)42-25-13-27-45-47(42)40-23-12-22-38(50(40)53-45)33-16-5-2-6-17-33/h1-31H. The van der Waals surface area contributed by atoms with E-state index in [1.54, 1.807) is 0 Å². The van der Waals surface area contributed by atoms with Crippen LogP contribution in [-0.4, -0.2) is 0 Å². The smallest absolute Gasteiger partial charge is 0.145 e. The zero-order chi connectivity index (χ0) is 34.9. The Morgan fingerprint density at radius 3 is 1.81 bits per heavy atom. The summed E-state index contributed by atoms with van der Waals surface area (Å²) in [5.41, 5.74) is 9.81. The van der Waals surface area contributed by atoms with Crippen molar-refractivity contribution < 1.29 is 4.42 Å². The Morgan fingerprint density at radius 2 is 0.981 bits per heavy atom. The summed E-state index contributed by atoms with van der Waals surface area (Å²) < 4.78 is 9.39. The molecule has 0 saturated carbocycles. The fraction of sp³-hybridized carbons (Fsp3) is 0. The quantitative estimate of drug-likeness (QED) is 0.167. The summed E-state index contributed by atoms with van der Waals surface area (Å²) in [4.78, 5) is 2.51. The fourth-order valence-electron chi connectivity index (χ4n) is 8.32. The highest BCUT2D eigenvalue weighted by Gasteiger charge is 2.26. The van der Waals surface area contributed by atoms with Gasteiger partial charge in [0.1, 0.15) is 11.2 Å². The van der Waals surface area contributed by atoms with Gasteiger partial charge in [-0.1, -0.05) is 152 Å². The summed E-state index contributed by atoms with van der Waals surface area (Å²) >= 11 is 1.87. The SMILES string of the molecule is c1ccc(-c2ccc(N(c3cccc4ccc5ccccc5c34)c3cccc4sc5c(-c6ccccc6)cccc5c34)c3c2oc2ccccc23)cc1. The number of fused-ring (bicyclic) bond motifs is 9. The number of para-hydroxylation sites is 1. The minimum Gasteiger partial charge on any atom is -0.455 e. The summed E-state index contributed by atoms with van der Waals surface area (Å²) in [7, 11) is 0. The molecule has 0 spiro atoms. The first kappa shape index (κ1) is 30.0. The fourth-order valence-corrected chi connectivity index (χ4v) is 9.58. The lowest BCUT2D eigenvalue weighted by Gasteiger charge is -2.29. The van der Waals surface area contributed by atoms with Crippen molar-refractivity contribution in [2.24, 2.45) is 0 Å². The third kappa shape index (κ3) is 4.64. The molecule has 0 bridgehead atoms. The number of hydrogen-bond donors (Lipinski definition) is 0. The van der Waals surface area contributed by atoms with Gasteiger partial charge in [0.15, 0.2) is 0 Å². The third-order valence-corrected chi connectivity index (χ3v) is 11.8. The largest absolute Gasteiger partial charge is 0.455 e. The lowest BCUT2D eigenvalue weighted by molar-refractivity contribution is 0.670. The molecule has 9 aromatic carbocycles. The second-order valence-electron chi connectivity index (χ2n) is 13.6. The maximum atomic E-state index is 6.84. The molecule has 0 saturated heterocycles. The molecular weight excluding hydrogens is 663 g/mol. The lowest BCUT2D eigenvalue weighted by atomic mass is 9.96. The Labute approximate surface area is 310 Å². The first-order valence-electron chi connectivity index (χ1n) is 18.0. The highest BCUT2D eigenvalue weighted by molar-refractivity contribution is 7.26. The maximum absolute atomic E-state index is 6.84. The van der Waals surface area contributed by atoms with Crippen molar-refractivity contribution in [1.29, 1.82) is 0 Å². The van der Waals surface area contributed by atoms with Gasteiger partial charge in [-0.2, -0.15) is 0 Å². The first-order chi connectivity index (χ1) is 26.3. The predicted octanol–water partition coefficient (Wildman–Crippen LogP) is 15.1. The summed E-state index contributed by atoms with van der Waals surface area (Å²) in [6, 6.07) is 67.8. The van der Waals surface area contributed by atoms with Crippen molar-refractivity contribution in [3.05, 3.63) is 188 Å². The van der Waals surface area contributed by atoms with Crippen LogP contribution >= 0.6 is 11.3 Å². The van der Waals surface area contributed by atoms with Crippen LogP contribution in [0.5, 0.6) is 0 Å². The van der Waals surface area contributed by atoms with E-state index in [9.17, 15) is 0 Å². The van der Waals surface area contributed by atoms with E-state index in [-0.39, 0.29) is 0 Å². The number of hydrogen-bond acceptors (Lipinski definition) is 3. The van der Waals surface area contributed by atoms with E-state index >= 15 is 0 Å². The number of thiophene rings is 1. The van der Waals surface area contributed by atoms with Crippen molar-refractivity contribution in [2.45, 2.75) is 0 Å². The molecule has 11 rings (SSSR count). The minimum atomic E-state index is 0.877. The predicted molar refractivity (Wildman–Crippen MR) is 227 cm³/mol. The highest BCUT2D eigenvalue weighted by Crippen LogP contribution is 2.52. The summed E-state index contributed by atoms with van der Waals surface area (Å²) in [5, 5.41) is 9.57. The molecule has 0 atom stereocenters. The number of nitrogens with zero attached hydrogens (tertiary/aromatic N) is 1. The molecule has 0 unspecified atom stereocenters. The highest BCUT2D eigenvalue weighted by atomic mass is 32.1. The van der Waals surface area contributed by atoms with Crippen LogP contribution in [0.15, 0.2) is 192 Å². The third-order valence-electron chi connectivity index (χ3n) is 10.6. The molecular formula is C50H31NOS. The molecule has 0 aliphatic heterocycles. The zero-order valence-corrected chi connectivity index (χ0v) is 29.5. The lowest BCUT2D eigenvalue weighted by Crippen LogP contribution is -2.11. The number of anilines is 3. The van der Waals surface area contributed by atoms with Gasteiger partial charge in [0.2, 0.25) is 0 Å². The minimum absolute atomic E-state index is 0.877. The average Bonchev–Trinajstić information content (AvgIpc) is 3.81. The number of rotatable bonds is 5. The molecule has 11 aromatic rings. The van der Waals surface area contributed by atoms with E-state index < -0.39 is 0 Å². The molecule has 53 heavy (non-hydrogen) atoms. The van der Waals surface area contributed by atoms with Gasteiger partial charge in [-0.15, -0.1) is 11.3 Å². The van der Waals surface area contributed by atoms with Crippen LogP contribution in [0.1, 0.15) is 0 Å². The molecule has 0 aliphatic rings. The van der Waals surface area contributed by atoms with Crippen LogP contribution in [0.3, 0.4) is 0 Å². The van der Waals surface area contributed by atoms with Crippen LogP contribution in [-0.2, 0) is 0 Å². The molecule has 3 heteroatoms. The van der Waals surface area contributed by atoms with Crippen molar-refractivity contribution in [3.8, 4) is 22.3 Å². The van der Waals surface area contributed by atoms with E-state index in [4.69, 9.17) is 4.42 Å². The molecule has 2 aromatic heterocycles. The van der Waals surface area contributed by atoms with E-state index in [2.05, 4.69) is 193 Å². The normalized spacial score (nSPS) is 11.8. The Balaban J connectivity index is 1.30. The topological polar surface area (TPSA) is 16.4 Å². The summed E-state index contributed by atoms with van der Waals surface area (Å²) in [6.07, 6.45) is 0. The first-order valence-corrected chi connectivity index (χ1v) is 18.8. The van der Waals surface area contributed by atoms with E-state index in [0.29, 0.717) is 0 Å². The molecule has 248 valence electrons. The maximum Gasteiger partial charge on any atom is 0.145 e. The monoisotopic (exact) mass is 693 g/mol. The van der Waals surface area contributed by atoms with Gasteiger partial charge in [-0.3, -0.25) is 0 Å². The molecule has 2 heterocycles. The van der Waals surface area contributed by atoms with Crippen LogP contribution < -0.4 is 4.90 Å². The molecule has 0 amide bonds. The van der Waals surface area contributed by atoms with E-state index in [1.165, 1.54) is 52.8 Å². The van der Waals surface area contributed by atoms with Gasteiger partial charge in [0.25, 0.3) is 0 Å². The Bertz CT molecular complexity index is 3180. The van der Waals surface area contributed by atoms with E-state index in [0.717, 1.165) is 50.1 Å². The zero-order valence-electron chi connectivity index (χ0n) is 28.7. The van der Waals surface area contributed by atoms with Gasteiger partial charge in [-0.05, 0) is 69.2 Å². The molecule has 2 nitrogen and oxygen atoms in total. The van der Waals surface area contributed by atoms with Crippen molar-refractivity contribution in [1.82, 2.24) is 0 Å². The summed E-state index contributed by atoms with van der Waals surface area (Å²) in [5.74, 6) is 0. The van der Waals surface area contributed by atoms with Crippen molar-refractivity contribution in [3.63, 3.8) is 0 Å².